The molecule has 0 spiro atoms. The molecule has 11 heavy (non-hydrogen) atoms. The van der Waals surface area contributed by atoms with Crippen molar-refractivity contribution in [2.24, 2.45) is 0 Å². The Balaban J connectivity index is 3.89. The van der Waals surface area contributed by atoms with Gasteiger partial charge in [-0.1, -0.05) is 0 Å². The summed E-state index contributed by atoms with van der Waals surface area (Å²) in [5, 5.41) is 0. The second-order valence-electron chi connectivity index (χ2n) is 2.17. The molecule has 0 atom stereocenters. The lowest BCUT2D eigenvalue weighted by molar-refractivity contribution is -0.134. The second-order valence-corrected chi connectivity index (χ2v) is 2.17. The highest BCUT2D eigenvalue weighted by Gasteiger charge is 2.11. The minimum absolute atomic E-state index is 0.255. The van der Waals surface area contributed by atoms with Gasteiger partial charge in [0.15, 0.2) is 0 Å². The summed E-state index contributed by atoms with van der Waals surface area (Å²) in [6.07, 6.45) is -0.290. The van der Waals surface area contributed by atoms with Crippen LogP contribution in [0.25, 0.3) is 0 Å². The van der Waals surface area contributed by atoms with Gasteiger partial charge in [-0.3, -0.25) is 15.3 Å². The number of carbonyl (C=O) groups excluding carboxylic acids is 2. The van der Waals surface area contributed by atoms with E-state index in [1.165, 1.54) is 4.90 Å². The summed E-state index contributed by atoms with van der Waals surface area (Å²) in [6.45, 7) is 4.89. The molecule has 0 heterocycles. The van der Waals surface area contributed by atoms with Gasteiger partial charge >= 0.3 is 0 Å². The van der Waals surface area contributed by atoms with Crippen molar-refractivity contribution in [3.8, 4) is 0 Å². The van der Waals surface area contributed by atoms with Crippen LogP contribution in [0.15, 0.2) is 0 Å². The first-order valence-electron chi connectivity index (χ1n) is 3.64. The zero-order valence-electron chi connectivity index (χ0n) is 6.89. The molecule has 0 aromatic carbocycles. The van der Waals surface area contributed by atoms with Gasteiger partial charge in [-0.05, 0) is 13.8 Å². The molecule has 63 valence electrons. The van der Waals surface area contributed by atoms with Crippen LogP contribution in [-0.4, -0.2) is 29.8 Å². The van der Waals surface area contributed by atoms with Crippen molar-refractivity contribution in [2.75, 3.05) is 13.1 Å². The van der Waals surface area contributed by atoms with Crippen LogP contribution < -0.4 is 5.73 Å². The van der Waals surface area contributed by atoms with E-state index in [-0.39, 0.29) is 12.3 Å². The summed E-state index contributed by atoms with van der Waals surface area (Å²) in [5.74, 6) is -1.07. The zero-order chi connectivity index (χ0) is 8.85. The van der Waals surface area contributed by atoms with Gasteiger partial charge in [-0.25, -0.2) is 0 Å². The molecular weight excluding hydrogens is 144 g/mol. The number of hydrogen-bond donors (Lipinski definition) is 0. The monoisotopic (exact) mass is 157 g/mol. The maximum Gasteiger partial charge on any atom is 0.247 e. The Kier molecular flexibility index (Phi) is 4.26. The van der Waals surface area contributed by atoms with E-state index in [0.29, 0.717) is 13.1 Å². The summed E-state index contributed by atoms with van der Waals surface area (Å²) in [7, 11) is 0. The van der Waals surface area contributed by atoms with E-state index in [1.807, 2.05) is 13.8 Å². The third-order valence-electron chi connectivity index (χ3n) is 1.43. The van der Waals surface area contributed by atoms with Crippen molar-refractivity contribution in [1.29, 1.82) is 0 Å². The van der Waals surface area contributed by atoms with Crippen molar-refractivity contribution < 1.29 is 9.59 Å². The minimum Gasteiger partial charge on any atom is -0.343 e. The minimum atomic E-state index is -0.818. The summed E-state index contributed by atoms with van der Waals surface area (Å²) in [5.41, 5.74) is 6.57. The van der Waals surface area contributed by atoms with Crippen LogP contribution in [0.5, 0.6) is 0 Å². The highest BCUT2D eigenvalue weighted by molar-refractivity contribution is 5.95. The lowest BCUT2D eigenvalue weighted by Gasteiger charge is -2.16. The molecule has 4 heteroatoms. The van der Waals surface area contributed by atoms with Crippen LogP contribution in [0.2, 0.25) is 0 Å². The number of nitrogens with one attached hydrogen (secondary N) is 1. The normalized spacial score (nSPS) is 9.27. The van der Waals surface area contributed by atoms with Crippen LogP contribution in [0.3, 0.4) is 0 Å². The third-order valence-corrected chi connectivity index (χ3v) is 1.43. The van der Waals surface area contributed by atoms with E-state index in [1.54, 1.807) is 0 Å². The van der Waals surface area contributed by atoms with Gasteiger partial charge in [0.1, 0.15) is 6.42 Å². The molecule has 0 fully saturated rings. The fourth-order valence-electron chi connectivity index (χ4n) is 0.825. The predicted octanol–water partition coefficient (Wildman–Crippen LogP) is 0.0544. The Morgan fingerprint density at radius 3 is 2.00 bits per heavy atom. The maximum absolute atomic E-state index is 11.0. The lowest BCUT2D eigenvalue weighted by atomic mass is 10.3. The van der Waals surface area contributed by atoms with Gasteiger partial charge in [0.25, 0.3) is 0 Å². The van der Waals surface area contributed by atoms with Gasteiger partial charge in [0.05, 0.1) is 0 Å². The molecular formula is C7H13N2O2. The standard InChI is InChI=1S/C7H13N2O2/c1-3-9(4-2)7(11)5-6(8)10/h8H,3-5H2,1-2H3. The molecule has 0 aromatic rings. The fraction of sp³-hybridized carbons (Fsp3) is 0.714. The van der Waals surface area contributed by atoms with Crippen molar-refractivity contribution in [3.63, 3.8) is 0 Å². The smallest absolute Gasteiger partial charge is 0.247 e. The first-order chi connectivity index (χ1) is 5.11. The molecule has 0 rings (SSSR count). The van der Waals surface area contributed by atoms with Gasteiger partial charge in [-0.15, -0.1) is 0 Å². The number of amides is 2. The van der Waals surface area contributed by atoms with Crippen molar-refractivity contribution in [3.05, 3.63) is 0 Å². The van der Waals surface area contributed by atoms with Gasteiger partial charge in [-0.2, -0.15) is 0 Å². The molecule has 0 aliphatic rings. The Bertz CT molecular complexity index is 153. The summed E-state index contributed by atoms with van der Waals surface area (Å²) in [4.78, 5) is 22.7. The van der Waals surface area contributed by atoms with Gasteiger partial charge in [0.2, 0.25) is 11.8 Å². The summed E-state index contributed by atoms with van der Waals surface area (Å²) in [6, 6.07) is 0. The molecule has 1 radical (unpaired) electrons. The average molecular weight is 157 g/mol. The van der Waals surface area contributed by atoms with Gasteiger partial charge < -0.3 is 4.90 Å². The first-order valence-corrected chi connectivity index (χ1v) is 3.64. The molecule has 0 unspecified atom stereocenters. The lowest BCUT2D eigenvalue weighted by Crippen LogP contribution is -2.32. The van der Waals surface area contributed by atoms with E-state index in [0.717, 1.165) is 0 Å². The Morgan fingerprint density at radius 2 is 1.73 bits per heavy atom. The molecule has 0 aliphatic carbocycles. The van der Waals surface area contributed by atoms with Crippen molar-refractivity contribution in [1.82, 2.24) is 10.6 Å². The molecule has 2 amide bonds. The van der Waals surface area contributed by atoms with E-state index < -0.39 is 5.91 Å². The third kappa shape index (κ3) is 3.60. The Morgan fingerprint density at radius 1 is 1.27 bits per heavy atom. The van der Waals surface area contributed by atoms with Crippen molar-refractivity contribution >= 4 is 11.8 Å². The fourth-order valence-corrected chi connectivity index (χ4v) is 0.825. The molecule has 0 saturated heterocycles. The highest BCUT2D eigenvalue weighted by atomic mass is 16.2. The number of rotatable bonds is 4. The average Bonchev–Trinajstić information content (AvgIpc) is 1.88. The number of carbonyl (C=O) groups is 2. The van der Waals surface area contributed by atoms with Crippen LogP contribution in [-0.2, 0) is 9.59 Å². The number of nitrogens with zero attached hydrogens (tertiary/aromatic N) is 1. The van der Waals surface area contributed by atoms with Crippen LogP contribution in [0.1, 0.15) is 20.3 Å². The van der Waals surface area contributed by atoms with E-state index in [2.05, 4.69) is 0 Å². The molecule has 4 nitrogen and oxygen atoms in total. The van der Waals surface area contributed by atoms with E-state index in [4.69, 9.17) is 5.73 Å². The Hall–Kier alpha value is -1.06. The predicted molar refractivity (Wildman–Crippen MR) is 40.6 cm³/mol. The van der Waals surface area contributed by atoms with Crippen LogP contribution in [0, 0.1) is 0 Å². The maximum atomic E-state index is 11.0. The second kappa shape index (κ2) is 4.71. The molecule has 0 saturated carbocycles. The van der Waals surface area contributed by atoms with E-state index in [9.17, 15) is 9.59 Å². The van der Waals surface area contributed by atoms with Gasteiger partial charge in [0, 0.05) is 13.1 Å². The molecule has 1 N–H and O–H groups in total. The SMILES string of the molecule is CCN(CC)C(=O)CC([NH])=O. The summed E-state index contributed by atoms with van der Waals surface area (Å²) >= 11 is 0. The highest BCUT2D eigenvalue weighted by Crippen LogP contribution is 1.92. The topological polar surface area (TPSA) is 61.2 Å². The quantitative estimate of drug-likeness (QED) is 0.541. The van der Waals surface area contributed by atoms with E-state index >= 15 is 0 Å². The molecule has 0 aliphatic heterocycles. The van der Waals surface area contributed by atoms with Crippen molar-refractivity contribution in [2.45, 2.75) is 20.3 Å². The Labute approximate surface area is 66.4 Å². The molecule has 0 aromatic heterocycles. The first kappa shape index (κ1) is 9.94. The largest absolute Gasteiger partial charge is 0.343 e. The number of hydrogen-bond acceptors (Lipinski definition) is 2. The zero-order valence-corrected chi connectivity index (χ0v) is 6.89. The summed E-state index contributed by atoms with van der Waals surface area (Å²) < 4.78 is 0. The van der Waals surface area contributed by atoms with Crippen LogP contribution in [0.4, 0.5) is 0 Å². The molecule has 0 bridgehead atoms. The van der Waals surface area contributed by atoms with Crippen LogP contribution >= 0.6 is 0 Å².